The van der Waals surface area contributed by atoms with E-state index in [1.807, 2.05) is 12.1 Å². The SMILES string of the molecule is COCCC1(NC(=S)Nc2ccc(Br)c(C)c2)CCCC1. The molecule has 0 radical (unpaired) electrons. The topological polar surface area (TPSA) is 33.3 Å². The molecule has 0 atom stereocenters. The normalized spacial score (nSPS) is 16.7. The van der Waals surface area contributed by atoms with Crippen LogP contribution in [-0.2, 0) is 4.74 Å². The Hall–Kier alpha value is -0.650. The maximum atomic E-state index is 5.50. The first-order valence-corrected chi connectivity index (χ1v) is 8.59. The molecular weight excluding hydrogens is 348 g/mol. The summed E-state index contributed by atoms with van der Waals surface area (Å²) in [7, 11) is 1.75. The third kappa shape index (κ3) is 4.66. The van der Waals surface area contributed by atoms with Gasteiger partial charge in [0.1, 0.15) is 0 Å². The molecule has 0 bridgehead atoms. The van der Waals surface area contributed by atoms with Crippen molar-refractivity contribution in [2.45, 2.75) is 44.6 Å². The number of nitrogens with one attached hydrogen (secondary N) is 2. The number of hydrogen-bond acceptors (Lipinski definition) is 2. The lowest BCUT2D eigenvalue weighted by atomic mass is 9.94. The van der Waals surface area contributed by atoms with Crippen molar-refractivity contribution in [3.8, 4) is 0 Å². The Balaban J connectivity index is 1.97. The van der Waals surface area contributed by atoms with Crippen molar-refractivity contribution < 1.29 is 4.74 Å². The van der Waals surface area contributed by atoms with Crippen molar-refractivity contribution in [3.63, 3.8) is 0 Å². The Morgan fingerprint density at radius 3 is 2.71 bits per heavy atom. The fraction of sp³-hybridized carbons (Fsp3) is 0.562. The van der Waals surface area contributed by atoms with E-state index in [1.54, 1.807) is 7.11 Å². The van der Waals surface area contributed by atoms with Crippen LogP contribution in [0.4, 0.5) is 5.69 Å². The van der Waals surface area contributed by atoms with Crippen LogP contribution in [0.2, 0.25) is 0 Å². The number of ether oxygens (including phenoxy) is 1. The minimum Gasteiger partial charge on any atom is -0.385 e. The summed E-state index contributed by atoms with van der Waals surface area (Å²) in [4.78, 5) is 0. The first-order valence-electron chi connectivity index (χ1n) is 7.39. The Kier molecular flexibility index (Phi) is 6.02. The molecule has 1 saturated carbocycles. The second-order valence-corrected chi connectivity index (χ2v) is 7.04. The van der Waals surface area contributed by atoms with E-state index in [2.05, 4.69) is 39.6 Å². The van der Waals surface area contributed by atoms with Gasteiger partial charge in [0.05, 0.1) is 0 Å². The third-order valence-corrected chi connectivity index (χ3v) is 5.23. The van der Waals surface area contributed by atoms with Gasteiger partial charge in [-0.15, -0.1) is 0 Å². The predicted octanol–water partition coefficient (Wildman–Crippen LogP) is 4.39. The minimum absolute atomic E-state index is 0.102. The van der Waals surface area contributed by atoms with Crippen LogP contribution in [0.5, 0.6) is 0 Å². The van der Waals surface area contributed by atoms with Gasteiger partial charge in [-0.3, -0.25) is 0 Å². The van der Waals surface area contributed by atoms with Crippen molar-refractivity contribution in [1.29, 1.82) is 0 Å². The van der Waals surface area contributed by atoms with Gasteiger partial charge in [-0.25, -0.2) is 0 Å². The molecule has 2 N–H and O–H groups in total. The summed E-state index contributed by atoms with van der Waals surface area (Å²) < 4.78 is 6.36. The van der Waals surface area contributed by atoms with Crippen molar-refractivity contribution in [3.05, 3.63) is 28.2 Å². The fourth-order valence-electron chi connectivity index (χ4n) is 2.91. The zero-order valence-corrected chi connectivity index (χ0v) is 15.1. The van der Waals surface area contributed by atoms with E-state index >= 15 is 0 Å². The van der Waals surface area contributed by atoms with Gasteiger partial charge in [0.25, 0.3) is 0 Å². The zero-order chi connectivity index (χ0) is 15.3. The van der Waals surface area contributed by atoms with E-state index in [0.29, 0.717) is 5.11 Å². The lowest BCUT2D eigenvalue weighted by Crippen LogP contribution is -2.48. The molecule has 1 aliphatic carbocycles. The number of methoxy groups -OCH3 is 1. The van der Waals surface area contributed by atoms with E-state index in [1.165, 1.54) is 18.4 Å². The maximum absolute atomic E-state index is 5.50. The number of rotatable bonds is 5. The van der Waals surface area contributed by atoms with Crippen LogP contribution >= 0.6 is 28.1 Å². The predicted molar refractivity (Wildman–Crippen MR) is 95.9 cm³/mol. The van der Waals surface area contributed by atoms with Gasteiger partial charge in [-0.05, 0) is 62.2 Å². The summed E-state index contributed by atoms with van der Waals surface area (Å²) in [5.74, 6) is 0. The lowest BCUT2D eigenvalue weighted by Gasteiger charge is -2.31. The summed E-state index contributed by atoms with van der Waals surface area (Å²) in [6, 6.07) is 6.16. The Bertz CT molecular complexity index is 501. The number of anilines is 1. The molecule has 21 heavy (non-hydrogen) atoms. The average Bonchev–Trinajstić information content (AvgIpc) is 2.89. The van der Waals surface area contributed by atoms with Crippen LogP contribution in [0.3, 0.4) is 0 Å². The highest BCUT2D eigenvalue weighted by Gasteiger charge is 2.33. The molecule has 1 fully saturated rings. The van der Waals surface area contributed by atoms with Crippen LogP contribution in [0.25, 0.3) is 0 Å². The minimum atomic E-state index is 0.102. The van der Waals surface area contributed by atoms with E-state index < -0.39 is 0 Å². The largest absolute Gasteiger partial charge is 0.385 e. The van der Waals surface area contributed by atoms with Crippen LogP contribution in [0.15, 0.2) is 22.7 Å². The molecule has 3 nitrogen and oxygen atoms in total. The van der Waals surface area contributed by atoms with Gasteiger partial charge in [-0.2, -0.15) is 0 Å². The molecule has 1 aliphatic rings. The molecule has 0 aromatic heterocycles. The Morgan fingerprint density at radius 2 is 2.10 bits per heavy atom. The highest BCUT2D eigenvalue weighted by Crippen LogP contribution is 2.32. The van der Waals surface area contributed by atoms with Crippen LogP contribution in [0.1, 0.15) is 37.7 Å². The molecule has 0 amide bonds. The molecule has 0 saturated heterocycles. The number of thiocarbonyl (C=S) groups is 1. The molecule has 116 valence electrons. The molecule has 2 rings (SSSR count). The summed E-state index contributed by atoms with van der Waals surface area (Å²) >= 11 is 9.01. The van der Waals surface area contributed by atoms with Gasteiger partial charge in [-0.1, -0.05) is 28.8 Å². The summed E-state index contributed by atoms with van der Waals surface area (Å²) in [6.45, 7) is 2.84. The van der Waals surface area contributed by atoms with E-state index in [0.717, 1.165) is 36.0 Å². The number of hydrogen-bond donors (Lipinski definition) is 2. The lowest BCUT2D eigenvalue weighted by molar-refractivity contribution is 0.163. The van der Waals surface area contributed by atoms with Crippen molar-refractivity contribution in [2.24, 2.45) is 0 Å². The van der Waals surface area contributed by atoms with Crippen LogP contribution in [0, 0.1) is 6.92 Å². The van der Waals surface area contributed by atoms with E-state index in [9.17, 15) is 0 Å². The second-order valence-electron chi connectivity index (χ2n) is 5.77. The van der Waals surface area contributed by atoms with E-state index in [4.69, 9.17) is 17.0 Å². The Morgan fingerprint density at radius 1 is 1.38 bits per heavy atom. The third-order valence-electron chi connectivity index (χ3n) is 4.14. The number of aryl methyl sites for hydroxylation is 1. The Labute approximate surface area is 141 Å². The van der Waals surface area contributed by atoms with Gasteiger partial charge < -0.3 is 15.4 Å². The highest BCUT2D eigenvalue weighted by atomic mass is 79.9. The summed E-state index contributed by atoms with van der Waals surface area (Å²) in [5.41, 5.74) is 2.32. The zero-order valence-electron chi connectivity index (χ0n) is 12.7. The quantitative estimate of drug-likeness (QED) is 0.752. The molecule has 0 heterocycles. The highest BCUT2D eigenvalue weighted by molar-refractivity contribution is 9.10. The summed E-state index contributed by atoms with van der Waals surface area (Å²) in [5, 5.41) is 7.54. The van der Waals surface area contributed by atoms with Gasteiger partial charge in [0.2, 0.25) is 0 Å². The second kappa shape index (κ2) is 7.56. The maximum Gasteiger partial charge on any atom is 0.171 e. The molecule has 0 unspecified atom stereocenters. The van der Waals surface area contributed by atoms with Gasteiger partial charge >= 0.3 is 0 Å². The van der Waals surface area contributed by atoms with E-state index in [-0.39, 0.29) is 5.54 Å². The van der Waals surface area contributed by atoms with Crippen molar-refractivity contribution in [1.82, 2.24) is 5.32 Å². The van der Waals surface area contributed by atoms with Gasteiger partial charge in [0.15, 0.2) is 5.11 Å². The molecule has 0 aliphatic heterocycles. The number of halogens is 1. The molecule has 1 aromatic rings. The molecule has 0 spiro atoms. The summed E-state index contributed by atoms with van der Waals surface area (Å²) in [6.07, 6.45) is 5.85. The van der Waals surface area contributed by atoms with Gasteiger partial charge in [0, 0.05) is 29.4 Å². The smallest absolute Gasteiger partial charge is 0.171 e. The monoisotopic (exact) mass is 370 g/mol. The fourth-order valence-corrected chi connectivity index (χ4v) is 3.49. The molecule has 5 heteroatoms. The van der Waals surface area contributed by atoms with Crippen LogP contribution in [-0.4, -0.2) is 24.4 Å². The molecule has 1 aromatic carbocycles. The van der Waals surface area contributed by atoms with Crippen LogP contribution < -0.4 is 10.6 Å². The standard InChI is InChI=1S/C16H23BrN2OS/c1-12-11-13(5-6-14(12)17)18-15(21)19-16(9-10-20-2)7-3-4-8-16/h5-6,11H,3-4,7-10H2,1-2H3,(H2,18,19,21). The average molecular weight is 371 g/mol. The first kappa shape index (κ1) is 16.7. The molecular formula is C16H23BrN2OS. The van der Waals surface area contributed by atoms with Crippen molar-refractivity contribution in [2.75, 3.05) is 19.0 Å². The first-order chi connectivity index (χ1) is 10.0. The van der Waals surface area contributed by atoms with Crippen molar-refractivity contribution >= 4 is 38.9 Å². The number of benzene rings is 1.